The molecule has 0 spiro atoms. The Morgan fingerprint density at radius 2 is 1.67 bits per heavy atom. The summed E-state index contributed by atoms with van der Waals surface area (Å²) in [6.45, 7) is 4.10. The molecule has 0 unspecified atom stereocenters. The van der Waals surface area contributed by atoms with Gasteiger partial charge in [-0.05, 0) is 36.8 Å². The molecule has 0 atom stereocenters. The van der Waals surface area contributed by atoms with Crippen molar-refractivity contribution in [3.8, 4) is 0 Å². The van der Waals surface area contributed by atoms with Crippen molar-refractivity contribution >= 4 is 17.5 Å². The van der Waals surface area contributed by atoms with Gasteiger partial charge < -0.3 is 10.2 Å². The van der Waals surface area contributed by atoms with Gasteiger partial charge in [-0.3, -0.25) is 9.59 Å². The minimum Gasteiger partial charge on any atom is -0.338 e. The average Bonchev–Trinajstić information content (AvgIpc) is 2.55. The van der Waals surface area contributed by atoms with Gasteiger partial charge in [0, 0.05) is 32.1 Å². The topological polar surface area (TPSA) is 49.4 Å². The first kappa shape index (κ1) is 17.7. The molecule has 2 aromatic rings. The fraction of sp³-hybridized carbons (Fsp3) is 0.263. The second kappa shape index (κ2) is 8.24. The summed E-state index contributed by atoms with van der Waals surface area (Å²) in [6.07, 6.45) is 0.203. The zero-order chi connectivity index (χ0) is 17.5. The largest absolute Gasteiger partial charge is 0.338 e. The third kappa shape index (κ3) is 5.50. The second-order valence-corrected chi connectivity index (χ2v) is 5.73. The van der Waals surface area contributed by atoms with Gasteiger partial charge in [0.1, 0.15) is 5.82 Å². The predicted molar refractivity (Wildman–Crippen MR) is 91.9 cm³/mol. The Morgan fingerprint density at radius 3 is 2.25 bits per heavy atom. The molecule has 0 radical (unpaired) electrons. The van der Waals surface area contributed by atoms with E-state index in [1.54, 1.807) is 17.0 Å². The fourth-order valence-electron chi connectivity index (χ4n) is 2.25. The zero-order valence-electron chi connectivity index (χ0n) is 13.9. The minimum absolute atomic E-state index is 0.123. The van der Waals surface area contributed by atoms with Crippen molar-refractivity contribution in [1.82, 2.24) is 4.90 Å². The SMILES string of the molecule is CC(=O)N(CCC(=O)Nc1ccc(C)cc1)Cc1ccc(F)cc1. The zero-order valence-corrected chi connectivity index (χ0v) is 13.9. The van der Waals surface area contributed by atoms with E-state index >= 15 is 0 Å². The number of hydrogen-bond donors (Lipinski definition) is 1. The molecule has 2 rings (SSSR count). The van der Waals surface area contributed by atoms with Crippen LogP contribution in [0.1, 0.15) is 24.5 Å². The van der Waals surface area contributed by atoms with Crippen LogP contribution in [0, 0.1) is 12.7 Å². The highest BCUT2D eigenvalue weighted by atomic mass is 19.1. The molecule has 0 aliphatic carbocycles. The monoisotopic (exact) mass is 328 g/mol. The summed E-state index contributed by atoms with van der Waals surface area (Å²) >= 11 is 0. The van der Waals surface area contributed by atoms with Crippen LogP contribution in [0.5, 0.6) is 0 Å². The number of rotatable bonds is 6. The Labute approximate surface area is 141 Å². The number of nitrogens with one attached hydrogen (secondary N) is 1. The molecule has 0 aliphatic heterocycles. The van der Waals surface area contributed by atoms with Gasteiger partial charge in [-0.15, -0.1) is 0 Å². The molecule has 0 heterocycles. The number of nitrogens with zero attached hydrogens (tertiary/aromatic N) is 1. The summed E-state index contributed by atoms with van der Waals surface area (Å²) in [5, 5.41) is 2.81. The van der Waals surface area contributed by atoms with E-state index in [1.165, 1.54) is 19.1 Å². The van der Waals surface area contributed by atoms with Crippen LogP contribution >= 0.6 is 0 Å². The Kier molecular flexibility index (Phi) is 6.07. The van der Waals surface area contributed by atoms with E-state index in [1.807, 2.05) is 31.2 Å². The predicted octanol–water partition coefficient (Wildman–Crippen LogP) is 3.51. The van der Waals surface area contributed by atoms with E-state index in [2.05, 4.69) is 5.32 Å². The number of carbonyl (C=O) groups excluding carboxylic acids is 2. The molecule has 2 amide bonds. The first-order valence-corrected chi connectivity index (χ1v) is 7.80. The third-order valence-corrected chi connectivity index (χ3v) is 3.68. The van der Waals surface area contributed by atoms with Gasteiger partial charge in [0.05, 0.1) is 0 Å². The van der Waals surface area contributed by atoms with E-state index in [0.717, 1.165) is 16.8 Å². The number of carbonyl (C=O) groups is 2. The minimum atomic E-state index is -0.314. The molecule has 2 aromatic carbocycles. The van der Waals surface area contributed by atoms with Crippen molar-refractivity contribution in [3.63, 3.8) is 0 Å². The number of hydrogen-bond acceptors (Lipinski definition) is 2. The van der Waals surface area contributed by atoms with Crippen molar-refractivity contribution in [1.29, 1.82) is 0 Å². The smallest absolute Gasteiger partial charge is 0.226 e. The van der Waals surface area contributed by atoms with Crippen LogP contribution in [0.25, 0.3) is 0 Å². The molecule has 0 fully saturated rings. The highest BCUT2D eigenvalue weighted by molar-refractivity contribution is 5.91. The van der Waals surface area contributed by atoms with Gasteiger partial charge in [0.25, 0.3) is 0 Å². The van der Waals surface area contributed by atoms with Crippen LogP contribution in [0.2, 0.25) is 0 Å². The molecule has 0 saturated carbocycles. The second-order valence-electron chi connectivity index (χ2n) is 5.73. The first-order chi connectivity index (χ1) is 11.4. The highest BCUT2D eigenvalue weighted by Crippen LogP contribution is 2.10. The lowest BCUT2D eigenvalue weighted by Gasteiger charge is -2.21. The van der Waals surface area contributed by atoms with Crippen LogP contribution < -0.4 is 5.32 Å². The van der Waals surface area contributed by atoms with Crippen LogP contribution in [-0.2, 0) is 16.1 Å². The van der Waals surface area contributed by atoms with Crippen LogP contribution in [0.3, 0.4) is 0 Å². The fourth-order valence-corrected chi connectivity index (χ4v) is 2.25. The van der Waals surface area contributed by atoms with Gasteiger partial charge >= 0.3 is 0 Å². The molecule has 4 nitrogen and oxygen atoms in total. The summed E-state index contributed by atoms with van der Waals surface area (Å²) in [7, 11) is 0. The maximum Gasteiger partial charge on any atom is 0.226 e. The summed E-state index contributed by atoms with van der Waals surface area (Å²) in [4.78, 5) is 25.3. The number of anilines is 1. The Bertz CT molecular complexity index is 696. The molecular weight excluding hydrogens is 307 g/mol. The quantitative estimate of drug-likeness (QED) is 0.882. The maximum absolute atomic E-state index is 12.9. The van der Waals surface area contributed by atoms with Crippen molar-refractivity contribution in [3.05, 3.63) is 65.5 Å². The van der Waals surface area contributed by atoms with Crippen molar-refractivity contribution < 1.29 is 14.0 Å². The van der Waals surface area contributed by atoms with Crippen LogP contribution in [0.4, 0.5) is 10.1 Å². The lowest BCUT2D eigenvalue weighted by Crippen LogP contribution is -2.31. The Morgan fingerprint density at radius 1 is 1.04 bits per heavy atom. The standard InChI is InChI=1S/C19H21FN2O2/c1-14-3-9-18(10-4-14)21-19(24)11-12-22(15(2)23)13-16-5-7-17(20)8-6-16/h3-10H,11-13H2,1-2H3,(H,21,24). The van der Waals surface area contributed by atoms with Gasteiger partial charge in [-0.25, -0.2) is 4.39 Å². The van der Waals surface area contributed by atoms with Crippen molar-refractivity contribution in [2.24, 2.45) is 0 Å². The van der Waals surface area contributed by atoms with Crippen molar-refractivity contribution in [2.75, 3.05) is 11.9 Å². The average molecular weight is 328 g/mol. The molecule has 126 valence electrons. The molecular formula is C19H21FN2O2. The number of benzene rings is 2. The molecule has 0 saturated heterocycles. The number of halogens is 1. The van der Waals surface area contributed by atoms with Crippen molar-refractivity contribution in [2.45, 2.75) is 26.8 Å². The van der Waals surface area contributed by atoms with E-state index in [9.17, 15) is 14.0 Å². The Hall–Kier alpha value is -2.69. The van der Waals surface area contributed by atoms with E-state index in [0.29, 0.717) is 13.1 Å². The summed E-state index contributed by atoms with van der Waals surface area (Å²) in [6, 6.07) is 13.5. The van der Waals surface area contributed by atoms with Crippen LogP contribution in [-0.4, -0.2) is 23.3 Å². The molecule has 1 N–H and O–H groups in total. The van der Waals surface area contributed by atoms with Gasteiger partial charge in [0.2, 0.25) is 11.8 Å². The lowest BCUT2D eigenvalue weighted by molar-refractivity contribution is -0.129. The molecule has 5 heteroatoms. The Balaban J connectivity index is 1.88. The van der Waals surface area contributed by atoms with Crippen LogP contribution in [0.15, 0.2) is 48.5 Å². The van der Waals surface area contributed by atoms with Gasteiger partial charge in [0.15, 0.2) is 0 Å². The highest BCUT2D eigenvalue weighted by Gasteiger charge is 2.12. The summed E-state index contributed by atoms with van der Waals surface area (Å²) < 4.78 is 12.9. The number of aryl methyl sites for hydroxylation is 1. The first-order valence-electron chi connectivity index (χ1n) is 7.80. The molecule has 0 aliphatic rings. The number of amides is 2. The van der Waals surface area contributed by atoms with E-state index in [-0.39, 0.29) is 24.1 Å². The molecule has 0 bridgehead atoms. The lowest BCUT2D eigenvalue weighted by atomic mass is 10.2. The van der Waals surface area contributed by atoms with Gasteiger partial charge in [-0.1, -0.05) is 29.8 Å². The summed E-state index contributed by atoms with van der Waals surface area (Å²) in [5.74, 6) is -0.586. The molecule has 0 aromatic heterocycles. The normalized spacial score (nSPS) is 10.3. The van der Waals surface area contributed by atoms with E-state index < -0.39 is 0 Å². The van der Waals surface area contributed by atoms with E-state index in [4.69, 9.17) is 0 Å². The summed E-state index contributed by atoms with van der Waals surface area (Å²) in [5.41, 5.74) is 2.68. The third-order valence-electron chi connectivity index (χ3n) is 3.68. The van der Waals surface area contributed by atoms with Gasteiger partial charge in [-0.2, -0.15) is 0 Å². The molecule has 24 heavy (non-hydrogen) atoms. The maximum atomic E-state index is 12.9.